The number of amides is 1. The van der Waals surface area contributed by atoms with Gasteiger partial charge < -0.3 is 9.47 Å². The summed E-state index contributed by atoms with van der Waals surface area (Å²) in [6, 6.07) is 31.0. The fourth-order valence-electron chi connectivity index (χ4n) is 5.50. The molecule has 222 valence electrons. The largest absolute Gasteiger partial charge is 0.497 e. The number of carbonyl (C=O) groups is 2. The Hall–Kier alpha value is -4.47. The van der Waals surface area contributed by atoms with Gasteiger partial charge in [-0.05, 0) is 64.7 Å². The van der Waals surface area contributed by atoms with E-state index in [1.54, 1.807) is 20.2 Å². The first kappa shape index (κ1) is 29.6. The Morgan fingerprint density at radius 1 is 1.02 bits per heavy atom. The molecule has 9 heteroatoms. The number of esters is 1. The molecule has 0 aromatic heterocycles. The predicted molar refractivity (Wildman–Crippen MR) is 178 cm³/mol. The van der Waals surface area contributed by atoms with E-state index in [1.807, 2.05) is 71.7 Å². The minimum Gasteiger partial charge on any atom is -0.497 e. The molecule has 2 atom stereocenters. The Morgan fingerprint density at radius 3 is 2.48 bits per heavy atom. The summed E-state index contributed by atoms with van der Waals surface area (Å²) < 4.78 is 11.0. The topological polar surface area (TPSA) is 71.4 Å². The van der Waals surface area contributed by atoms with Crippen molar-refractivity contribution in [2.75, 3.05) is 13.7 Å². The van der Waals surface area contributed by atoms with Gasteiger partial charge in [0.05, 0.1) is 30.4 Å². The van der Waals surface area contributed by atoms with Crippen molar-refractivity contribution in [2.24, 2.45) is 5.10 Å². The third-order valence-electron chi connectivity index (χ3n) is 7.74. The average Bonchev–Trinajstić information content (AvgIpc) is 3.60. The van der Waals surface area contributed by atoms with Gasteiger partial charge in [-0.2, -0.15) is 5.10 Å². The number of hydrazone groups is 1. The molecule has 44 heavy (non-hydrogen) atoms. The van der Waals surface area contributed by atoms with Gasteiger partial charge in [0.15, 0.2) is 0 Å². The van der Waals surface area contributed by atoms with Gasteiger partial charge in [0.1, 0.15) is 16.1 Å². The Balaban J connectivity index is 1.35. The molecule has 2 aliphatic rings. The number of carbonyl (C=O) groups excluding carboxylic acids is 2. The zero-order valence-corrected chi connectivity index (χ0v) is 26.0. The van der Waals surface area contributed by atoms with Gasteiger partial charge in [0.2, 0.25) is 0 Å². The summed E-state index contributed by atoms with van der Waals surface area (Å²) >= 11 is 6.86. The van der Waals surface area contributed by atoms with E-state index in [4.69, 9.17) is 26.8 Å². The molecule has 0 saturated carbocycles. The molecule has 6 rings (SSSR count). The summed E-state index contributed by atoms with van der Waals surface area (Å²) in [5.41, 5.74) is 3.86. The first-order valence-electron chi connectivity index (χ1n) is 14.4. The lowest BCUT2D eigenvalue weighted by atomic mass is 9.96. The molecule has 0 spiro atoms. The number of thioether (sulfide) groups is 1. The van der Waals surface area contributed by atoms with Crippen molar-refractivity contribution in [3.8, 4) is 5.75 Å². The molecule has 4 aromatic rings. The molecule has 0 bridgehead atoms. The third kappa shape index (κ3) is 6.11. The van der Waals surface area contributed by atoms with E-state index in [9.17, 15) is 9.59 Å². The second kappa shape index (κ2) is 13.0. The van der Waals surface area contributed by atoms with Gasteiger partial charge in [-0.3, -0.25) is 14.7 Å². The summed E-state index contributed by atoms with van der Waals surface area (Å²) in [5.74, 6) is -0.0473. The lowest BCUT2D eigenvalue weighted by Crippen LogP contribution is -2.46. The Kier molecular flexibility index (Phi) is 8.77. The first-order chi connectivity index (χ1) is 21.4. The van der Waals surface area contributed by atoms with Crippen LogP contribution < -0.4 is 4.74 Å². The molecular formula is C35H31N3O4S2. The smallest absolute Gasteiger partial charge is 0.329 e. The number of fused-ring (bicyclic) bond motifs is 1. The number of rotatable bonds is 9. The maximum absolute atomic E-state index is 13.9. The summed E-state index contributed by atoms with van der Waals surface area (Å²) in [4.78, 5) is 28.9. The van der Waals surface area contributed by atoms with Crippen molar-refractivity contribution >= 4 is 56.7 Å². The standard InChI is InChI=1S/C35H31N3O4S2/c1-3-42-34(40)31(19-23-9-5-4-6-10-23)38-33(39)32(44-35(38)43)22-37-30(27-14-13-24-11-7-8-12-26(24)20-27)21-29(36-37)25-15-17-28(41-2)18-16-25/h4-18,20,22,30-31H,3,19,21H2,1-2H3/b32-22-. The molecule has 1 saturated heterocycles. The van der Waals surface area contributed by atoms with Crippen molar-refractivity contribution in [1.82, 2.24) is 9.91 Å². The van der Waals surface area contributed by atoms with Crippen LogP contribution in [0.25, 0.3) is 10.8 Å². The van der Waals surface area contributed by atoms with Crippen LogP contribution in [0.4, 0.5) is 0 Å². The molecular weight excluding hydrogens is 591 g/mol. The molecule has 1 fully saturated rings. The van der Waals surface area contributed by atoms with Crippen LogP contribution in [-0.2, 0) is 20.7 Å². The maximum atomic E-state index is 13.9. The Bertz CT molecular complexity index is 1770. The number of ether oxygens (including phenoxy) is 2. The van der Waals surface area contributed by atoms with Crippen molar-refractivity contribution < 1.29 is 19.1 Å². The van der Waals surface area contributed by atoms with Crippen LogP contribution in [0.3, 0.4) is 0 Å². The third-order valence-corrected chi connectivity index (χ3v) is 9.06. The highest BCUT2D eigenvalue weighted by molar-refractivity contribution is 8.26. The molecule has 2 aliphatic heterocycles. The Labute approximate surface area is 266 Å². The zero-order chi connectivity index (χ0) is 30.6. The number of hydrogen-bond acceptors (Lipinski definition) is 8. The quantitative estimate of drug-likeness (QED) is 0.115. The van der Waals surface area contributed by atoms with Crippen LogP contribution in [-0.4, -0.2) is 51.6 Å². The lowest BCUT2D eigenvalue weighted by Gasteiger charge is -2.25. The highest BCUT2D eigenvalue weighted by Gasteiger charge is 2.42. The van der Waals surface area contributed by atoms with Crippen LogP contribution in [0.2, 0.25) is 0 Å². The minimum absolute atomic E-state index is 0.148. The maximum Gasteiger partial charge on any atom is 0.329 e. The van der Waals surface area contributed by atoms with E-state index in [-0.39, 0.29) is 18.6 Å². The predicted octanol–water partition coefficient (Wildman–Crippen LogP) is 6.88. The summed E-state index contributed by atoms with van der Waals surface area (Å²) in [6.45, 7) is 1.96. The number of nitrogens with zero attached hydrogens (tertiary/aromatic N) is 3. The highest BCUT2D eigenvalue weighted by atomic mass is 32.2. The fourth-order valence-corrected chi connectivity index (χ4v) is 6.83. The number of thiocarbonyl (C=S) groups is 1. The van der Waals surface area contributed by atoms with Crippen LogP contribution in [0.5, 0.6) is 5.75 Å². The van der Waals surface area contributed by atoms with Crippen molar-refractivity contribution in [3.05, 3.63) is 125 Å². The number of hydrogen-bond donors (Lipinski definition) is 0. The molecule has 1 amide bonds. The number of benzene rings is 4. The van der Waals surface area contributed by atoms with Gasteiger partial charge in [-0.1, -0.05) is 90.7 Å². The van der Waals surface area contributed by atoms with E-state index in [0.717, 1.165) is 38.9 Å². The SMILES string of the molecule is CCOC(=O)C(Cc1ccccc1)N1C(=O)/C(=C/N2N=C(c3ccc(OC)cc3)CC2c2ccc3ccccc3c2)SC1=S. The monoisotopic (exact) mass is 621 g/mol. The molecule has 0 N–H and O–H groups in total. The van der Waals surface area contributed by atoms with Gasteiger partial charge in [0, 0.05) is 19.0 Å². The van der Waals surface area contributed by atoms with E-state index in [1.165, 1.54) is 16.7 Å². The van der Waals surface area contributed by atoms with Crippen molar-refractivity contribution in [1.29, 1.82) is 0 Å². The van der Waals surface area contributed by atoms with E-state index in [2.05, 4.69) is 30.3 Å². The minimum atomic E-state index is -0.871. The van der Waals surface area contributed by atoms with E-state index >= 15 is 0 Å². The van der Waals surface area contributed by atoms with Crippen LogP contribution in [0, 0.1) is 0 Å². The zero-order valence-electron chi connectivity index (χ0n) is 24.4. The Morgan fingerprint density at radius 2 is 1.75 bits per heavy atom. The van der Waals surface area contributed by atoms with E-state index in [0.29, 0.717) is 22.1 Å². The molecule has 0 radical (unpaired) electrons. The first-order valence-corrected chi connectivity index (χ1v) is 15.6. The lowest BCUT2D eigenvalue weighted by molar-refractivity contribution is -0.150. The van der Waals surface area contributed by atoms with Gasteiger partial charge in [0.25, 0.3) is 5.91 Å². The molecule has 4 aromatic carbocycles. The fraction of sp³-hybridized carbons (Fsp3) is 0.200. The summed E-state index contributed by atoms with van der Waals surface area (Å²) in [7, 11) is 1.64. The molecule has 7 nitrogen and oxygen atoms in total. The van der Waals surface area contributed by atoms with Gasteiger partial charge >= 0.3 is 5.97 Å². The van der Waals surface area contributed by atoms with Crippen molar-refractivity contribution in [3.63, 3.8) is 0 Å². The normalized spacial score (nSPS) is 18.2. The summed E-state index contributed by atoms with van der Waals surface area (Å²) in [5, 5.41) is 9.13. The highest BCUT2D eigenvalue weighted by Crippen LogP contribution is 2.39. The molecule has 0 aliphatic carbocycles. The average molecular weight is 622 g/mol. The van der Waals surface area contributed by atoms with Crippen LogP contribution >= 0.6 is 24.0 Å². The van der Waals surface area contributed by atoms with Crippen LogP contribution in [0.15, 0.2) is 113 Å². The summed E-state index contributed by atoms with van der Waals surface area (Å²) in [6.07, 6.45) is 2.70. The van der Waals surface area contributed by atoms with Crippen molar-refractivity contribution in [2.45, 2.75) is 31.8 Å². The second-order valence-corrected chi connectivity index (χ2v) is 12.2. The molecule has 2 heterocycles. The van der Waals surface area contributed by atoms with Gasteiger partial charge in [-0.15, -0.1) is 0 Å². The number of methoxy groups -OCH3 is 1. The van der Waals surface area contributed by atoms with Gasteiger partial charge in [-0.25, -0.2) is 4.79 Å². The van der Waals surface area contributed by atoms with Crippen LogP contribution in [0.1, 0.15) is 36.1 Å². The second-order valence-electron chi connectivity index (χ2n) is 10.5. The molecule has 2 unspecified atom stereocenters. The van der Waals surface area contributed by atoms with E-state index < -0.39 is 12.0 Å².